The highest BCUT2D eigenvalue weighted by atomic mass is 16.6. The molecule has 2 N–H and O–H groups in total. The third kappa shape index (κ3) is 6.91. The maximum absolute atomic E-state index is 11.9. The fourth-order valence-electron chi connectivity index (χ4n) is 2.45. The number of hydrogen-bond donors (Lipinski definition) is 2. The Labute approximate surface area is 146 Å². The van der Waals surface area contributed by atoms with Gasteiger partial charge in [0.05, 0.1) is 5.69 Å². The molecule has 1 unspecified atom stereocenters. The summed E-state index contributed by atoms with van der Waals surface area (Å²) in [5.74, 6) is 0. The van der Waals surface area contributed by atoms with Crippen LogP contribution in [-0.2, 0) is 23.7 Å². The lowest BCUT2D eigenvalue weighted by molar-refractivity contribution is 0.0502. The highest BCUT2D eigenvalue weighted by Gasteiger charge is 2.22. The third-order valence-corrected chi connectivity index (χ3v) is 3.53. The van der Waals surface area contributed by atoms with Crippen molar-refractivity contribution in [3.63, 3.8) is 0 Å². The van der Waals surface area contributed by atoms with Crippen LogP contribution in [0.1, 0.15) is 66.1 Å². The first-order valence-corrected chi connectivity index (χ1v) is 8.65. The Kier molecular flexibility index (Phi) is 6.84. The second-order valence-corrected chi connectivity index (χ2v) is 8.31. The van der Waals surface area contributed by atoms with Crippen LogP contribution in [0.15, 0.2) is 6.20 Å². The summed E-state index contributed by atoms with van der Waals surface area (Å²) in [6, 6.07) is 0.0367. The van der Waals surface area contributed by atoms with Crippen molar-refractivity contribution < 1.29 is 9.53 Å². The molecule has 0 fully saturated rings. The van der Waals surface area contributed by atoms with Gasteiger partial charge in [-0.3, -0.25) is 4.68 Å². The highest BCUT2D eigenvalue weighted by molar-refractivity contribution is 5.68. The number of hydrogen-bond acceptors (Lipinski definition) is 4. The lowest BCUT2D eigenvalue weighted by atomic mass is 9.89. The van der Waals surface area contributed by atoms with Gasteiger partial charge in [-0.25, -0.2) is 4.79 Å². The van der Waals surface area contributed by atoms with Crippen LogP contribution in [0.5, 0.6) is 0 Å². The number of carbonyl (C=O) groups excluding carboxylic acids is 1. The Hall–Kier alpha value is -1.56. The molecule has 138 valence electrons. The minimum Gasteiger partial charge on any atom is -0.444 e. The van der Waals surface area contributed by atoms with Gasteiger partial charge in [-0.05, 0) is 27.2 Å². The Morgan fingerprint density at radius 2 is 1.92 bits per heavy atom. The van der Waals surface area contributed by atoms with Gasteiger partial charge in [0.2, 0.25) is 0 Å². The van der Waals surface area contributed by atoms with Gasteiger partial charge in [0, 0.05) is 43.4 Å². The molecular weight excluding hydrogens is 304 g/mol. The molecule has 24 heavy (non-hydrogen) atoms. The number of nitrogens with one attached hydrogen (secondary N) is 2. The number of aryl methyl sites for hydroxylation is 1. The monoisotopic (exact) mass is 338 g/mol. The molecule has 1 aromatic rings. The first kappa shape index (κ1) is 20.5. The first-order valence-electron chi connectivity index (χ1n) is 8.65. The zero-order valence-corrected chi connectivity index (χ0v) is 16.5. The third-order valence-electron chi connectivity index (χ3n) is 3.53. The van der Waals surface area contributed by atoms with Crippen LogP contribution in [0.3, 0.4) is 0 Å². The molecule has 0 radical (unpaired) electrons. The molecule has 0 saturated carbocycles. The summed E-state index contributed by atoms with van der Waals surface area (Å²) in [6.45, 7) is 15.6. The van der Waals surface area contributed by atoms with Crippen molar-refractivity contribution in [3.8, 4) is 0 Å². The summed E-state index contributed by atoms with van der Waals surface area (Å²) in [6.07, 6.45) is 2.52. The van der Waals surface area contributed by atoms with E-state index in [0.717, 1.165) is 18.7 Å². The van der Waals surface area contributed by atoms with Gasteiger partial charge in [0.1, 0.15) is 5.60 Å². The van der Waals surface area contributed by atoms with E-state index in [1.165, 1.54) is 5.56 Å². The van der Waals surface area contributed by atoms with E-state index in [1.807, 2.05) is 39.4 Å². The zero-order valence-electron chi connectivity index (χ0n) is 16.5. The van der Waals surface area contributed by atoms with Crippen molar-refractivity contribution in [2.75, 3.05) is 6.54 Å². The number of ether oxygens (including phenoxy) is 1. The SMILES string of the molecule is CCC(CNCc1cn(C)nc1C(C)(C)C)NC(=O)OC(C)(C)C. The highest BCUT2D eigenvalue weighted by Crippen LogP contribution is 2.23. The molecule has 6 nitrogen and oxygen atoms in total. The standard InChI is InChI=1S/C18H34N4O2/c1-9-14(20-16(23)24-18(5,6)7)11-19-10-13-12-22(8)21-15(13)17(2,3)4/h12,14,19H,9-11H2,1-8H3,(H,20,23). The molecule has 1 heterocycles. The number of rotatable bonds is 6. The quantitative estimate of drug-likeness (QED) is 0.836. The average molecular weight is 338 g/mol. The van der Waals surface area contributed by atoms with E-state index in [2.05, 4.69) is 42.7 Å². The first-order chi connectivity index (χ1) is 10.9. The van der Waals surface area contributed by atoms with Crippen molar-refractivity contribution in [1.82, 2.24) is 20.4 Å². The molecule has 0 aliphatic carbocycles. The topological polar surface area (TPSA) is 68.2 Å². The summed E-state index contributed by atoms with van der Waals surface area (Å²) in [5, 5.41) is 10.9. The Balaban J connectivity index is 2.55. The van der Waals surface area contributed by atoms with Crippen molar-refractivity contribution in [1.29, 1.82) is 0 Å². The molecule has 6 heteroatoms. The van der Waals surface area contributed by atoms with Crippen LogP contribution in [0.4, 0.5) is 4.79 Å². The number of carbonyl (C=O) groups is 1. The van der Waals surface area contributed by atoms with Crippen molar-refractivity contribution >= 4 is 6.09 Å². The van der Waals surface area contributed by atoms with Gasteiger partial charge in [-0.1, -0.05) is 27.7 Å². The van der Waals surface area contributed by atoms with E-state index in [9.17, 15) is 4.79 Å². The van der Waals surface area contributed by atoms with E-state index in [1.54, 1.807) is 0 Å². The summed E-state index contributed by atoms with van der Waals surface area (Å²) < 4.78 is 7.17. The molecule has 0 aromatic carbocycles. The molecule has 0 bridgehead atoms. The van der Waals surface area contributed by atoms with Crippen molar-refractivity contribution in [2.24, 2.45) is 7.05 Å². The molecule has 1 rings (SSSR count). The van der Waals surface area contributed by atoms with E-state index in [-0.39, 0.29) is 17.6 Å². The van der Waals surface area contributed by atoms with Crippen LogP contribution >= 0.6 is 0 Å². The number of nitrogens with zero attached hydrogens (tertiary/aromatic N) is 2. The summed E-state index contributed by atoms with van der Waals surface area (Å²) >= 11 is 0. The van der Waals surface area contributed by atoms with Gasteiger partial charge in [0.15, 0.2) is 0 Å². The van der Waals surface area contributed by atoms with Gasteiger partial charge in [-0.15, -0.1) is 0 Å². The lowest BCUT2D eigenvalue weighted by Gasteiger charge is -2.23. The summed E-state index contributed by atoms with van der Waals surface area (Å²) in [7, 11) is 1.94. The minimum atomic E-state index is -0.479. The maximum Gasteiger partial charge on any atom is 0.407 e. The fourth-order valence-corrected chi connectivity index (χ4v) is 2.45. The molecule has 1 aromatic heterocycles. The zero-order chi connectivity index (χ0) is 18.5. The molecular formula is C18H34N4O2. The lowest BCUT2D eigenvalue weighted by Crippen LogP contribution is -2.43. The van der Waals surface area contributed by atoms with Crippen LogP contribution in [0.25, 0.3) is 0 Å². The van der Waals surface area contributed by atoms with Crippen LogP contribution in [0.2, 0.25) is 0 Å². The van der Waals surface area contributed by atoms with E-state index in [4.69, 9.17) is 4.74 Å². The summed E-state index contributed by atoms with van der Waals surface area (Å²) in [4.78, 5) is 11.9. The normalized spacial score (nSPS) is 13.7. The largest absolute Gasteiger partial charge is 0.444 e. The van der Waals surface area contributed by atoms with E-state index < -0.39 is 5.60 Å². The van der Waals surface area contributed by atoms with E-state index in [0.29, 0.717) is 6.54 Å². The van der Waals surface area contributed by atoms with Gasteiger partial charge >= 0.3 is 6.09 Å². The molecule has 1 atom stereocenters. The average Bonchev–Trinajstić information content (AvgIpc) is 2.76. The molecule has 0 saturated heterocycles. The number of alkyl carbamates (subject to hydrolysis) is 1. The van der Waals surface area contributed by atoms with Crippen molar-refractivity contribution in [3.05, 3.63) is 17.5 Å². The molecule has 0 aliphatic heterocycles. The molecule has 0 aliphatic rings. The van der Waals surface area contributed by atoms with Gasteiger partial charge in [0.25, 0.3) is 0 Å². The fraction of sp³-hybridized carbons (Fsp3) is 0.778. The second kappa shape index (κ2) is 8.01. The Morgan fingerprint density at radius 1 is 1.29 bits per heavy atom. The second-order valence-electron chi connectivity index (χ2n) is 8.31. The van der Waals surface area contributed by atoms with Crippen molar-refractivity contribution in [2.45, 2.75) is 78.5 Å². The maximum atomic E-state index is 11.9. The van der Waals surface area contributed by atoms with Crippen LogP contribution in [0, 0.1) is 0 Å². The van der Waals surface area contributed by atoms with Crippen LogP contribution in [-0.4, -0.2) is 34.1 Å². The smallest absolute Gasteiger partial charge is 0.407 e. The Morgan fingerprint density at radius 3 is 2.42 bits per heavy atom. The van der Waals surface area contributed by atoms with Gasteiger partial charge < -0.3 is 15.4 Å². The predicted octanol–water partition coefficient (Wildman–Crippen LogP) is 3.11. The summed E-state index contributed by atoms with van der Waals surface area (Å²) in [5.41, 5.74) is 1.83. The van der Waals surface area contributed by atoms with Crippen LogP contribution < -0.4 is 10.6 Å². The number of amides is 1. The predicted molar refractivity (Wildman–Crippen MR) is 97.1 cm³/mol. The Bertz CT molecular complexity index is 538. The minimum absolute atomic E-state index is 0.0111. The molecule has 0 spiro atoms. The number of aromatic nitrogens is 2. The van der Waals surface area contributed by atoms with Gasteiger partial charge in [-0.2, -0.15) is 5.10 Å². The molecule has 1 amide bonds. The van der Waals surface area contributed by atoms with E-state index >= 15 is 0 Å².